The monoisotopic (exact) mass is 299 g/mol. The normalized spacial score (nSPS) is 11.6. The number of unbranched alkanes of at least 4 members (excludes halogenated alkanes) is 3. The van der Waals surface area contributed by atoms with E-state index in [0.29, 0.717) is 13.0 Å². The largest absolute Gasteiger partial charge is 0.493 e. The van der Waals surface area contributed by atoms with Crippen molar-refractivity contribution in [2.45, 2.75) is 46.5 Å². The Kier molecular flexibility index (Phi) is 6.49. The summed E-state index contributed by atoms with van der Waals surface area (Å²) in [5.74, 6) is 1.05. The summed E-state index contributed by atoms with van der Waals surface area (Å²) in [7, 11) is -3.31. The predicted molar refractivity (Wildman–Crippen MR) is 82.6 cm³/mol. The van der Waals surface area contributed by atoms with E-state index in [4.69, 9.17) is 9.88 Å². The lowest BCUT2D eigenvalue weighted by atomic mass is 10.1. The second-order valence-corrected chi connectivity index (χ2v) is 7.02. The smallest absolute Gasteiger partial charge is 0.209 e. The summed E-state index contributed by atoms with van der Waals surface area (Å²) in [5.41, 5.74) is 3.58. The number of benzene rings is 1. The van der Waals surface area contributed by atoms with Crippen molar-refractivity contribution in [2.75, 3.05) is 12.4 Å². The molecule has 0 aliphatic carbocycles. The third kappa shape index (κ3) is 5.92. The molecule has 1 aromatic carbocycles. The van der Waals surface area contributed by atoms with E-state index in [1.165, 1.54) is 11.1 Å². The van der Waals surface area contributed by atoms with Crippen molar-refractivity contribution in [3.63, 3.8) is 0 Å². The number of primary sulfonamides is 1. The summed E-state index contributed by atoms with van der Waals surface area (Å²) in [4.78, 5) is 0. The van der Waals surface area contributed by atoms with Crippen molar-refractivity contribution in [1.82, 2.24) is 0 Å². The van der Waals surface area contributed by atoms with E-state index in [9.17, 15) is 8.42 Å². The molecule has 0 aliphatic rings. The molecule has 0 heterocycles. The van der Waals surface area contributed by atoms with Gasteiger partial charge in [-0.3, -0.25) is 0 Å². The van der Waals surface area contributed by atoms with E-state index in [0.717, 1.165) is 30.6 Å². The van der Waals surface area contributed by atoms with Gasteiger partial charge in [-0.15, -0.1) is 0 Å². The van der Waals surface area contributed by atoms with Gasteiger partial charge in [0, 0.05) is 0 Å². The van der Waals surface area contributed by atoms with Crippen LogP contribution >= 0.6 is 0 Å². The minimum Gasteiger partial charge on any atom is -0.493 e. The second kappa shape index (κ2) is 7.64. The van der Waals surface area contributed by atoms with Gasteiger partial charge in [-0.25, -0.2) is 13.6 Å². The Balaban J connectivity index is 2.27. The van der Waals surface area contributed by atoms with Crippen LogP contribution in [0, 0.1) is 20.8 Å². The Hall–Kier alpha value is -1.07. The molecule has 0 aromatic heterocycles. The Bertz CT molecular complexity index is 538. The van der Waals surface area contributed by atoms with Crippen molar-refractivity contribution in [3.05, 3.63) is 28.8 Å². The highest BCUT2D eigenvalue weighted by atomic mass is 32.2. The van der Waals surface area contributed by atoms with Gasteiger partial charge in [0.25, 0.3) is 0 Å². The van der Waals surface area contributed by atoms with Crippen LogP contribution < -0.4 is 9.88 Å². The molecule has 0 bridgehead atoms. The van der Waals surface area contributed by atoms with Gasteiger partial charge in [0.15, 0.2) is 0 Å². The summed E-state index contributed by atoms with van der Waals surface area (Å²) in [6, 6.07) is 4.18. The van der Waals surface area contributed by atoms with Gasteiger partial charge in [0.05, 0.1) is 12.4 Å². The van der Waals surface area contributed by atoms with Crippen molar-refractivity contribution in [2.24, 2.45) is 5.14 Å². The molecule has 4 nitrogen and oxygen atoms in total. The highest BCUT2D eigenvalue weighted by molar-refractivity contribution is 7.89. The van der Waals surface area contributed by atoms with Crippen LogP contribution in [0.5, 0.6) is 5.75 Å². The molecule has 0 atom stereocenters. The molecule has 20 heavy (non-hydrogen) atoms. The van der Waals surface area contributed by atoms with Crippen LogP contribution in [-0.2, 0) is 10.0 Å². The summed E-state index contributed by atoms with van der Waals surface area (Å²) in [6.45, 7) is 6.87. The van der Waals surface area contributed by atoms with Gasteiger partial charge < -0.3 is 4.74 Å². The zero-order valence-electron chi connectivity index (χ0n) is 12.6. The Morgan fingerprint density at radius 2 is 1.60 bits per heavy atom. The van der Waals surface area contributed by atoms with E-state index in [1.807, 2.05) is 6.92 Å². The SMILES string of the molecule is Cc1ccc(C)c(OCCCCCCS(N)(=O)=O)c1C. The van der Waals surface area contributed by atoms with Gasteiger partial charge in [-0.1, -0.05) is 25.0 Å². The second-order valence-electron chi connectivity index (χ2n) is 5.28. The number of hydrogen-bond acceptors (Lipinski definition) is 3. The first kappa shape index (κ1) is 17.0. The Morgan fingerprint density at radius 1 is 1.00 bits per heavy atom. The minimum absolute atomic E-state index is 0.0734. The van der Waals surface area contributed by atoms with Gasteiger partial charge in [-0.2, -0.15) is 0 Å². The maximum atomic E-state index is 10.8. The van der Waals surface area contributed by atoms with Gasteiger partial charge in [-0.05, 0) is 50.3 Å². The Labute approximate surface area is 122 Å². The molecule has 0 radical (unpaired) electrons. The maximum absolute atomic E-state index is 10.8. The van der Waals surface area contributed by atoms with Crippen LogP contribution in [0.15, 0.2) is 12.1 Å². The highest BCUT2D eigenvalue weighted by Gasteiger charge is 2.06. The van der Waals surface area contributed by atoms with E-state index >= 15 is 0 Å². The van der Waals surface area contributed by atoms with Crippen molar-refractivity contribution in [1.29, 1.82) is 0 Å². The van der Waals surface area contributed by atoms with Gasteiger partial charge >= 0.3 is 0 Å². The number of nitrogens with two attached hydrogens (primary N) is 1. The van der Waals surface area contributed by atoms with Crippen molar-refractivity contribution >= 4 is 10.0 Å². The zero-order chi connectivity index (χ0) is 15.2. The molecule has 1 rings (SSSR count). The molecule has 0 saturated heterocycles. The lowest BCUT2D eigenvalue weighted by Gasteiger charge is -2.13. The fourth-order valence-electron chi connectivity index (χ4n) is 2.08. The zero-order valence-corrected chi connectivity index (χ0v) is 13.4. The lowest BCUT2D eigenvalue weighted by molar-refractivity contribution is 0.301. The minimum atomic E-state index is -3.31. The first-order valence-electron chi connectivity index (χ1n) is 7.01. The third-order valence-corrected chi connectivity index (χ3v) is 4.30. The first-order valence-corrected chi connectivity index (χ1v) is 8.73. The highest BCUT2D eigenvalue weighted by Crippen LogP contribution is 2.25. The molecule has 0 aliphatic heterocycles. The molecule has 0 unspecified atom stereocenters. The molecule has 5 heteroatoms. The Morgan fingerprint density at radius 3 is 2.25 bits per heavy atom. The lowest BCUT2D eigenvalue weighted by Crippen LogP contribution is -2.16. The fourth-order valence-corrected chi connectivity index (χ4v) is 2.69. The molecule has 0 saturated carbocycles. The predicted octanol–water partition coefficient (Wildman–Crippen LogP) is 2.84. The standard InChI is InChI=1S/C15H25NO3S/c1-12-8-9-13(2)15(14(12)3)19-10-6-4-5-7-11-20(16,17)18/h8-9H,4-7,10-11H2,1-3H3,(H2,16,17,18). The average molecular weight is 299 g/mol. The topological polar surface area (TPSA) is 69.4 Å². The van der Waals surface area contributed by atoms with Crippen LogP contribution in [0.25, 0.3) is 0 Å². The molecule has 0 fully saturated rings. The number of aryl methyl sites for hydroxylation is 2. The van der Waals surface area contributed by atoms with Crippen LogP contribution in [0.4, 0.5) is 0 Å². The van der Waals surface area contributed by atoms with Crippen LogP contribution in [0.3, 0.4) is 0 Å². The molecule has 2 N–H and O–H groups in total. The maximum Gasteiger partial charge on any atom is 0.209 e. The average Bonchev–Trinajstić information content (AvgIpc) is 2.35. The number of ether oxygens (including phenoxy) is 1. The summed E-state index contributed by atoms with van der Waals surface area (Å²) in [5, 5.41) is 4.95. The van der Waals surface area contributed by atoms with E-state index < -0.39 is 10.0 Å². The van der Waals surface area contributed by atoms with Gasteiger partial charge in [0.1, 0.15) is 5.75 Å². The third-order valence-electron chi connectivity index (χ3n) is 3.44. The molecular formula is C15H25NO3S. The van der Waals surface area contributed by atoms with E-state index in [1.54, 1.807) is 0 Å². The van der Waals surface area contributed by atoms with Crippen LogP contribution in [-0.4, -0.2) is 20.8 Å². The van der Waals surface area contributed by atoms with E-state index in [2.05, 4.69) is 26.0 Å². The van der Waals surface area contributed by atoms with E-state index in [-0.39, 0.29) is 5.75 Å². The summed E-state index contributed by atoms with van der Waals surface area (Å²) in [6.07, 6.45) is 3.38. The number of sulfonamides is 1. The summed E-state index contributed by atoms with van der Waals surface area (Å²) >= 11 is 0. The molecule has 0 spiro atoms. The number of rotatable bonds is 8. The molecule has 0 amide bonds. The first-order chi connectivity index (χ1) is 9.31. The van der Waals surface area contributed by atoms with Crippen LogP contribution in [0.1, 0.15) is 42.4 Å². The molecule has 114 valence electrons. The van der Waals surface area contributed by atoms with Crippen molar-refractivity contribution in [3.8, 4) is 5.75 Å². The molecule has 1 aromatic rings. The van der Waals surface area contributed by atoms with Crippen molar-refractivity contribution < 1.29 is 13.2 Å². The number of hydrogen-bond donors (Lipinski definition) is 1. The quantitative estimate of drug-likeness (QED) is 0.750. The molecular weight excluding hydrogens is 274 g/mol. The summed E-state index contributed by atoms with van der Waals surface area (Å²) < 4.78 is 27.4. The van der Waals surface area contributed by atoms with Gasteiger partial charge in [0.2, 0.25) is 10.0 Å². The van der Waals surface area contributed by atoms with Crippen LogP contribution in [0.2, 0.25) is 0 Å². The fraction of sp³-hybridized carbons (Fsp3) is 0.600.